The predicted octanol–water partition coefficient (Wildman–Crippen LogP) is 2.54. The number of fused-ring (bicyclic) bond motifs is 1. The van der Waals surface area contributed by atoms with Gasteiger partial charge in [-0.2, -0.15) is 0 Å². The second-order valence-electron chi connectivity index (χ2n) is 3.64. The minimum Gasteiger partial charge on any atom is -0.497 e. The molecule has 0 fully saturated rings. The van der Waals surface area contributed by atoms with Crippen molar-refractivity contribution in [2.24, 2.45) is 0 Å². The van der Waals surface area contributed by atoms with E-state index in [1.54, 1.807) is 7.11 Å². The Kier molecular flexibility index (Phi) is 2.64. The van der Waals surface area contributed by atoms with Gasteiger partial charge in [-0.15, -0.1) is 0 Å². The zero-order valence-electron chi connectivity index (χ0n) is 8.86. The van der Waals surface area contributed by atoms with Gasteiger partial charge in [-0.1, -0.05) is 6.92 Å². The molecule has 0 bridgehead atoms. The lowest BCUT2D eigenvalue weighted by Crippen LogP contribution is -1.95. The highest BCUT2D eigenvalue weighted by Gasteiger charge is 2.10. The van der Waals surface area contributed by atoms with Crippen molar-refractivity contribution in [3.8, 4) is 5.75 Å². The van der Waals surface area contributed by atoms with Crippen LogP contribution in [0.1, 0.15) is 18.6 Å². The van der Waals surface area contributed by atoms with Crippen LogP contribution in [0.2, 0.25) is 0 Å². The molecule has 0 radical (unpaired) electrons. The second kappa shape index (κ2) is 3.95. The topological polar surface area (TPSA) is 42.6 Å². The molecule has 0 aliphatic rings. The Morgan fingerprint density at radius 3 is 2.87 bits per heavy atom. The van der Waals surface area contributed by atoms with Crippen LogP contribution in [0.3, 0.4) is 0 Å². The summed E-state index contributed by atoms with van der Waals surface area (Å²) in [6.45, 7) is 2.02. The van der Waals surface area contributed by atoms with Gasteiger partial charge in [0.1, 0.15) is 17.1 Å². The highest BCUT2D eigenvalue weighted by molar-refractivity contribution is 5.79. The van der Waals surface area contributed by atoms with Crippen molar-refractivity contribution in [2.45, 2.75) is 12.8 Å². The van der Waals surface area contributed by atoms with Crippen LogP contribution in [0.4, 0.5) is 0 Å². The van der Waals surface area contributed by atoms with Crippen LogP contribution in [0.25, 0.3) is 11.0 Å². The monoisotopic (exact) mass is 206 g/mol. The lowest BCUT2D eigenvalue weighted by molar-refractivity contribution is 0.259. The van der Waals surface area contributed by atoms with E-state index in [0.29, 0.717) is 0 Å². The molecule has 0 saturated heterocycles. The van der Waals surface area contributed by atoms with Crippen molar-refractivity contribution in [3.63, 3.8) is 0 Å². The van der Waals surface area contributed by atoms with Crippen LogP contribution in [-0.2, 0) is 0 Å². The molecule has 80 valence electrons. The second-order valence-corrected chi connectivity index (χ2v) is 3.64. The Bertz CT molecular complexity index is 459. The van der Waals surface area contributed by atoms with Crippen LogP contribution >= 0.6 is 0 Å². The van der Waals surface area contributed by atoms with Gasteiger partial charge >= 0.3 is 0 Å². The highest BCUT2D eigenvalue weighted by atomic mass is 16.5. The van der Waals surface area contributed by atoms with E-state index >= 15 is 0 Å². The molecule has 2 rings (SSSR count). The number of hydrogen-bond acceptors (Lipinski definition) is 3. The summed E-state index contributed by atoms with van der Waals surface area (Å²) in [6.07, 6.45) is 0. The molecule has 3 nitrogen and oxygen atoms in total. The van der Waals surface area contributed by atoms with Gasteiger partial charge in [-0.05, 0) is 24.3 Å². The first-order valence-electron chi connectivity index (χ1n) is 4.93. The zero-order chi connectivity index (χ0) is 10.8. The molecule has 1 unspecified atom stereocenters. The van der Waals surface area contributed by atoms with E-state index in [4.69, 9.17) is 14.3 Å². The Balaban J connectivity index is 2.46. The molecule has 2 aromatic rings. The number of furan rings is 1. The third-order valence-electron chi connectivity index (χ3n) is 2.50. The predicted molar refractivity (Wildman–Crippen MR) is 58.3 cm³/mol. The van der Waals surface area contributed by atoms with Crippen molar-refractivity contribution in [1.82, 2.24) is 0 Å². The lowest BCUT2D eigenvalue weighted by atomic mass is 10.1. The molecule has 0 aliphatic carbocycles. The van der Waals surface area contributed by atoms with Crippen molar-refractivity contribution in [1.29, 1.82) is 0 Å². The van der Waals surface area contributed by atoms with E-state index in [1.807, 2.05) is 31.2 Å². The Hall–Kier alpha value is -1.48. The normalized spacial score (nSPS) is 13.0. The molecule has 1 N–H and O–H groups in total. The van der Waals surface area contributed by atoms with Crippen molar-refractivity contribution in [2.75, 3.05) is 13.7 Å². The summed E-state index contributed by atoms with van der Waals surface area (Å²) in [6, 6.07) is 7.60. The van der Waals surface area contributed by atoms with Crippen LogP contribution in [0.15, 0.2) is 28.7 Å². The molecule has 1 heterocycles. The minimum atomic E-state index is 0.0309. The molecule has 0 aliphatic heterocycles. The standard InChI is InChI=1S/C12H14O3/c1-8(7-13)12-6-9-5-10(14-2)3-4-11(9)15-12/h3-6,8,13H,7H2,1-2H3. The minimum absolute atomic E-state index is 0.0309. The molecule has 3 heteroatoms. The quantitative estimate of drug-likeness (QED) is 0.839. The zero-order valence-corrected chi connectivity index (χ0v) is 8.86. The molecule has 1 aromatic heterocycles. The summed E-state index contributed by atoms with van der Waals surface area (Å²) >= 11 is 0. The van der Waals surface area contributed by atoms with Crippen molar-refractivity contribution >= 4 is 11.0 Å². The summed E-state index contributed by atoms with van der Waals surface area (Å²) in [4.78, 5) is 0. The fourth-order valence-electron chi connectivity index (χ4n) is 1.50. The van der Waals surface area contributed by atoms with Gasteiger partial charge in [-0.3, -0.25) is 0 Å². The molecule has 0 amide bonds. The largest absolute Gasteiger partial charge is 0.497 e. The molecule has 1 aromatic carbocycles. The Labute approximate surface area is 88.3 Å². The number of aliphatic hydroxyl groups excluding tert-OH is 1. The first-order valence-corrected chi connectivity index (χ1v) is 4.93. The fourth-order valence-corrected chi connectivity index (χ4v) is 1.50. The third-order valence-corrected chi connectivity index (χ3v) is 2.50. The van der Waals surface area contributed by atoms with Crippen LogP contribution in [-0.4, -0.2) is 18.8 Å². The molecular formula is C12H14O3. The number of rotatable bonds is 3. The summed E-state index contributed by atoms with van der Waals surface area (Å²) in [5, 5.41) is 10.0. The number of ether oxygens (including phenoxy) is 1. The van der Waals surface area contributed by atoms with Crippen molar-refractivity contribution in [3.05, 3.63) is 30.0 Å². The Morgan fingerprint density at radius 2 is 2.20 bits per heavy atom. The number of methoxy groups -OCH3 is 1. The molecule has 15 heavy (non-hydrogen) atoms. The van der Waals surface area contributed by atoms with E-state index in [2.05, 4.69) is 0 Å². The van der Waals surface area contributed by atoms with E-state index in [-0.39, 0.29) is 12.5 Å². The van der Waals surface area contributed by atoms with E-state index < -0.39 is 0 Å². The maximum atomic E-state index is 9.03. The summed E-state index contributed by atoms with van der Waals surface area (Å²) in [7, 11) is 1.64. The molecule has 0 spiro atoms. The van der Waals surface area contributed by atoms with E-state index in [0.717, 1.165) is 22.5 Å². The first kappa shape index (κ1) is 10.1. The summed E-state index contributed by atoms with van der Waals surface area (Å²) < 4.78 is 10.7. The van der Waals surface area contributed by atoms with Gasteiger partial charge in [0.2, 0.25) is 0 Å². The first-order chi connectivity index (χ1) is 7.24. The van der Waals surface area contributed by atoms with Gasteiger partial charge < -0.3 is 14.3 Å². The smallest absolute Gasteiger partial charge is 0.134 e. The van der Waals surface area contributed by atoms with Crippen LogP contribution in [0, 0.1) is 0 Å². The molecular weight excluding hydrogens is 192 g/mol. The Morgan fingerprint density at radius 1 is 1.40 bits per heavy atom. The maximum Gasteiger partial charge on any atom is 0.134 e. The SMILES string of the molecule is COc1ccc2oc(C(C)CO)cc2c1. The molecule has 0 saturated carbocycles. The van der Waals surface area contributed by atoms with E-state index in [1.165, 1.54) is 0 Å². The third kappa shape index (κ3) is 1.83. The summed E-state index contributed by atoms with van der Waals surface area (Å²) in [5.74, 6) is 1.65. The van der Waals surface area contributed by atoms with Gasteiger partial charge in [0, 0.05) is 11.3 Å². The lowest BCUT2D eigenvalue weighted by Gasteiger charge is -2.00. The number of hydrogen-bond donors (Lipinski definition) is 1. The number of aliphatic hydroxyl groups is 1. The highest BCUT2D eigenvalue weighted by Crippen LogP contribution is 2.27. The average molecular weight is 206 g/mol. The number of benzene rings is 1. The van der Waals surface area contributed by atoms with Crippen molar-refractivity contribution < 1.29 is 14.3 Å². The van der Waals surface area contributed by atoms with Crippen LogP contribution < -0.4 is 4.74 Å². The summed E-state index contributed by atoms with van der Waals surface area (Å²) in [5.41, 5.74) is 0.825. The average Bonchev–Trinajstić information content (AvgIpc) is 2.70. The van der Waals surface area contributed by atoms with Gasteiger partial charge in [0.15, 0.2) is 0 Å². The van der Waals surface area contributed by atoms with Crippen LogP contribution in [0.5, 0.6) is 5.75 Å². The van der Waals surface area contributed by atoms with Gasteiger partial charge in [0.05, 0.1) is 13.7 Å². The molecule has 1 atom stereocenters. The van der Waals surface area contributed by atoms with Gasteiger partial charge in [-0.25, -0.2) is 0 Å². The van der Waals surface area contributed by atoms with Gasteiger partial charge in [0.25, 0.3) is 0 Å². The fraction of sp³-hybridized carbons (Fsp3) is 0.333. The maximum absolute atomic E-state index is 9.03. The van der Waals surface area contributed by atoms with E-state index in [9.17, 15) is 0 Å².